The van der Waals surface area contributed by atoms with E-state index in [2.05, 4.69) is 40.0 Å². The Balaban J connectivity index is 1.17. The fraction of sp³-hybridized carbons (Fsp3) is 0.375. The zero-order chi connectivity index (χ0) is 20.5. The summed E-state index contributed by atoms with van der Waals surface area (Å²) in [6.07, 6.45) is 7.10. The molecule has 1 atom stereocenters. The predicted octanol–water partition coefficient (Wildman–Crippen LogP) is 4.61. The lowest BCUT2D eigenvalue weighted by Crippen LogP contribution is -2.68. The second-order valence-corrected chi connectivity index (χ2v) is 9.43. The molecule has 2 heterocycles. The van der Waals surface area contributed by atoms with Crippen LogP contribution in [0.15, 0.2) is 53.8 Å². The number of aryl methyl sites for hydroxylation is 1. The van der Waals surface area contributed by atoms with Gasteiger partial charge in [0.25, 0.3) is 0 Å². The average molecular weight is 402 g/mol. The van der Waals surface area contributed by atoms with Crippen LogP contribution >= 0.6 is 0 Å². The second kappa shape index (κ2) is 6.00. The Labute approximate surface area is 174 Å². The van der Waals surface area contributed by atoms with Crippen LogP contribution in [0.3, 0.4) is 0 Å². The Bertz CT molecular complexity index is 1180. The largest absolute Gasteiger partial charge is 0.272 e. The van der Waals surface area contributed by atoms with E-state index < -0.39 is 0 Å². The highest BCUT2D eigenvalue weighted by Crippen LogP contribution is 2.74. The summed E-state index contributed by atoms with van der Waals surface area (Å²) in [4.78, 5) is 13.3. The third-order valence-electron chi connectivity index (χ3n) is 7.17. The molecule has 4 aliphatic rings. The summed E-state index contributed by atoms with van der Waals surface area (Å²) in [5.74, 6) is -0.147. The van der Waals surface area contributed by atoms with E-state index in [1.165, 1.54) is 23.1 Å². The van der Waals surface area contributed by atoms with E-state index in [0.29, 0.717) is 6.42 Å². The van der Waals surface area contributed by atoms with Crippen LogP contribution in [-0.4, -0.2) is 26.9 Å². The molecular weight excluding hydrogens is 379 g/mol. The number of carbonyl (C=O) groups excluding carboxylic acids is 1. The van der Waals surface area contributed by atoms with E-state index in [1.54, 1.807) is 23.4 Å². The zero-order valence-electron chi connectivity index (χ0n) is 16.9. The average Bonchev–Trinajstić information content (AvgIpc) is 3.30. The van der Waals surface area contributed by atoms with Crippen molar-refractivity contribution in [2.45, 2.75) is 45.2 Å². The highest BCUT2D eigenvalue weighted by Gasteiger charge is 2.72. The standard InChI is InChI=1S/C24H23FN4O/c1-16-2-7-20-18(10-16)11-27-28(20)15-23-12-24(13-23,14-23)22(30)29-21(8-9-26-29)17-3-5-19(25)6-4-17/h2-7,9-11,21H,8,12-15H2,1H3. The van der Waals surface area contributed by atoms with Crippen molar-refractivity contribution in [3.05, 3.63) is 65.6 Å². The number of hydrogen-bond donors (Lipinski definition) is 0. The minimum Gasteiger partial charge on any atom is -0.272 e. The quantitative estimate of drug-likeness (QED) is 0.640. The number of rotatable bonds is 4. The minimum atomic E-state index is -0.278. The van der Waals surface area contributed by atoms with Crippen molar-refractivity contribution in [3.8, 4) is 0 Å². The SMILES string of the molecule is Cc1ccc2c(cnn2CC23CC(C(=O)N4N=CCC4c4ccc(F)cc4)(C2)C3)c1. The van der Waals surface area contributed by atoms with E-state index in [0.717, 1.165) is 36.9 Å². The maximum atomic E-state index is 13.3. The molecule has 3 aromatic rings. The van der Waals surface area contributed by atoms with Crippen LogP contribution in [0.5, 0.6) is 0 Å². The van der Waals surface area contributed by atoms with Crippen LogP contribution in [0, 0.1) is 23.6 Å². The predicted molar refractivity (Wildman–Crippen MR) is 112 cm³/mol. The molecule has 0 N–H and O–H groups in total. The number of halogens is 1. The molecule has 1 amide bonds. The van der Waals surface area contributed by atoms with Crippen LogP contribution in [0.4, 0.5) is 4.39 Å². The monoisotopic (exact) mass is 402 g/mol. The van der Waals surface area contributed by atoms with Gasteiger partial charge in [-0.15, -0.1) is 0 Å². The molecule has 152 valence electrons. The van der Waals surface area contributed by atoms with E-state index in [4.69, 9.17) is 0 Å². The van der Waals surface area contributed by atoms with E-state index in [1.807, 2.05) is 6.20 Å². The Morgan fingerprint density at radius 1 is 1.17 bits per heavy atom. The lowest BCUT2D eigenvalue weighted by molar-refractivity contribution is -0.223. The van der Waals surface area contributed by atoms with Gasteiger partial charge in [-0.3, -0.25) is 9.48 Å². The Hall–Kier alpha value is -3.02. The molecule has 0 spiro atoms. The van der Waals surface area contributed by atoms with Gasteiger partial charge < -0.3 is 0 Å². The maximum absolute atomic E-state index is 13.3. The molecule has 0 radical (unpaired) electrons. The van der Waals surface area contributed by atoms with Crippen LogP contribution in [0.2, 0.25) is 0 Å². The van der Waals surface area contributed by atoms with Crippen molar-refractivity contribution < 1.29 is 9.18 Å². The van der Waals surface area contributed by atoms with E-state index in [9.17, 15) is 9.18 Å². The third-order valence-corrected chi connectivity index (χ3v) is 7.17. The molecule has 30 heavy (non-hydrogen) atoms. The zero-order valence-corrected chi connectivity index (χ0v) is 16.9. The Morgan fingerprint density at radius 2 is 1.93 bits per heavy atom. The number of fused-ring (bicyclic) bond motifs is 1. The van der Waals surface area contributed by atoms with Gasteiger partial charge in [0.15, 0.2) is 0 Å². The van der Waals surface area contributed by atoms with Crippen LogP contribution in [-0.2, 0) is 11.3 Å². The van der Waals surface area contributed by atoms with Crippen molar-refractivity contribution in [1.29, 1.82) is 0 Å². The topological polar surface area (TPSA) is 50.5 Å². The molecule has 7 rings (SSSR count). The number of hydrazone groups is 1. The van der Waals surface area contributed by atoms with Gasteiger partial charge in [-0.05, 0) is 61.4 Å². The number of aromatic nitrogens is 2. The Morgan fingerprint density at radius 3 is 2.70 bits per heavy atom. The first kappa shape index (κ1) is 17.8. The van der Waals surface area contributed by atoms with Crippen LogP contribution in [0.1, 0.15) is 42.9 Å². The number of hydrogen-bond acceptors (Lipinski definition) is 3. The third kappa shape index (κ3) is 2.49. The van der Waals surface area contributed by atoms with Crippen LogP contribution < -0.4 is 0 Å². The summed E-state index contributed by atoms with van der Waals surface area (Å²) < 4.78 is 15.4. The highest BCUT2D eigenvalue weighted by molar-refractivity contribution is 5.88. The first-order valence-corrected chi connectivity index (χ1v) is 10.5. The van der Waals surface area contributed by atoms with Crippen molar-refractivity contribution >= 4 is 23.0 Å². The summed E-state index contributed by atoms with van der Waals surface area (Å²) >= 11 is 0. The molecule has 1 aliphatic heterocycles. The van der Waals surface area contributed by atoms with E-state index in [-0.39, 0.29) is 28.6 Å². The van der Waals surface area contributed by atoms with Gasteiger partial charge in [0.2, 0.25) is 5.91 Å². The highest BCUT2D eigenvalue weighted by atomic mass is 19.1. The number of amides is 1. The summed E-state index contributed by atoms with van der Waals surface area (Å²) in [6.45, 7) is 2.95. The first-order valence-electron chi connectivity index (χ1n) is 10.5. The number of carbonyl (C=O) groups is 1. The molecule has 3 fully saturated rings. The molecule has 2 aromatic carbocycles. The van der Waals surface area contributed by atoms with Crippen LogP contribution in [0.25, 0.3) is 10.9 Å². The van der Waals surface area contributed by atoms with Crippen molar-refractivity contribution in [2.75, 3.05) is 0 Å². The lowest BCUT2D eigenvalue weighted by atomic mass is 9.34. The molecule has 3 aliphatic carbocycles. The minimum absolute atomic E-state index is 0.119. The molecule has 5 nitrogen and oxygen atoms in total. The number of nitrogens with zero attached hydrogens (tertiary/aromatic N) is 4. The van der Waals surface area contributed by atoms with Gasteiger partial charge in [0.1, 0.15) is 5.82 Å². The summed E-state index contributed by atoms with van der Waals surface area (Å²) in [5, 5.41) is 11.8. The van der Waals surface area contributed by atoms with E-state index >= 15 is 0 Å². The van der Waals surface area contributed by atoms with Gasteiger partial charge in [-0.2, -0.15) is 10.2 Å². The second-order valence-electron chi connectivity index (χ2n) is 9.43. The fourth-order valence-electron chi connectivity index (χ4n) is 5.86. The first-order chi connectivity index (χ1) is 14.5. The molecule has 2 bridgehead atoms. The number of benzene rings is 2. The van der Waals surface area contributed by atoms with Gasteiger partial charge in [-0.25, -0.2) is 9.40 Å². The summed E-state index contributed by atoms with van der Waals surface area (Å²) in [6, 6.07) is 12.7. The summed E-state index contributed by atoms with van der Waals surface area (Å²) in [7, 11) is 0. The van der Waals surface area contributed by atoms with Gasteiger partial charge in [-0.1, -0.05) is 23.8 Å². The van der Waals surface area contributed by atoms with Gasteiger partial charge >= 0.3 is 0 Å². The van der Waals surface area contributed by atoms with Crippen molar-refractivity contribution in [2.24, 2.45) is 15.9 Å². The Kier molecular flexibility index (Phi) is 3.56. The maximum Gasteiger partial charge on any atom is 0.249 e. The molecule has 0 saturated heterocycles. The smallest absolute Gasteiger partial charge is 0.249 e. The normalized spacial score (nSPS) is 29.1. The molecule has 3 saturated carbocycles. The molecule has 1 aromatic heterocycles. The summed E-state index contributed by atoms with van der Waals surface area (Å²) in [5.41, 5.74) is 3.22. The molecule has 6 heteroatoms. The molecule has 1 unspecified atom stereocenters. The lowest BCUT2D eigenvalue weighted by Gasteiger charge is -2.69. The van der Waals surface area contributed by atoms with Gasteiger partial charge in [0.05, 0.1) is 23.2 Å². The van der Waals surface area contributed by atoms with Crippen molar-refractivity contribution in [3.63, 3.8) is 0 Å². The fourth-order valence-corrected chi connectivity index (χ4v) is 5.86. The van der Waals surface area contributed by atoms with Gasteiger partial charge in [0, 0.05) is 24.6 Å². The molecular formula is C24H23FN4O. The van der Waals surface area contributed by atoms with Crippen molar-refractivity contribution in [1.82, 2.24) is 14.8 Å².